The number of hydrogen-bond donors (Lipinski definition) is 0. The summed E-state index contributed by atoms with van der Waals surface area (Å²) in [6, 6.07) is 13.8. The maximum absolute atomic E-state index is 10.1. The zero-order chi connectivity index (χ0) is 10.5. The topological polar surface area (TPSA) is 26.3 Å². The van der Waals surface area contributed by atoms with Gasteiger partial charge in [-0.15, -0.1) is 0 Å². The fourth-order valence-electron chi connectivity index (χ4n) is 1.44. The van der Waals surface area contributed by atoms with E-state index in [4.69, 9.17) is 4.74 Å². The third kappa shape index (κ3) is 2.05. The van der Waals surface area contributed by atoms with Crippen molar-refractivity contribution in [2.75, 3.05) is 0 Å². The molecule has 15 heavy (non-hydrogen) atoms. The van der Waals surface area contributed by atoms with Gasteiger partial charge < -0.3 is 4.74 Å². The van der Waals surface area contributed by atoms with Gasteiger partial charge in [-0.2, -0.15) is 0 Å². The van der Waals surface area contributed by atoms with Gasteiger partial charge in [-0.3, -0.25) is 4.79 Å². The first-order chi connectivity index (χ1) is 7.42. The van der Waals surface area contributed by atoms with Gasteiger partial charge in [0.1, 0.15) is 12.0 Å². The third-order valence-electron chi connectivity index (χ3n) is 2.10. The zero-order valence-electron chi connectivity index (χ0n) is 8.09. The second-order valence-corrected chi connectivity index (χ2v) is 3.06. The molecule has 0 N–H and O–H groups in total. The van der Waals surface area contributed by atoms with Crippen LogP contribution in [0.1, 0.15) is 0 Å². The number of carbonyl (C=O) groups excluding carboxylic acids is 1. The second-order valence-electron chi connectivity index (χ2n) is 3.06. The van der Waals surface area contributed by atoms with E-state index >= 15 is 0 Å². The molecule has 0 amide bonds. The number of aldehydes is 1. The fourth-order valence-corrected chi connectivity index (χ4v) is 1.44. The lowest BCUT2D eigenvalue weighted by Crippen LogP contribution is -1.83. The van der Waals surface area contributed by atoms with Gasteiger partial charge in [0.2, 0.25) is 0 Å². The van der Waals surface area contributed by atoms with E-state index in [-0.39, 0.29) is 0 Å². The largest absolute Gasteiger partial charge is 0.464 e. The molecule has 0 aliphatic carbocycles. The van der Waals surface area contributed by atoms with Crippen LogP contribution in [0.4, 0.5) is 0 Å². The van der Waals surface area contributed by atoms with E-state index in [0.29, 0.717) is 6.29 Å². The number of benzene rings is 2. The van der Waals surface area contributed by atoms with Crippen LogP contribution in [-0.2, 0) is 4.79 Å². The van der Waals surface area contributed by atoms with Gasteiger partial charge in [-0.25, -0.2) is 0 Å². The molecule has 0 fully saturated rings. The Morgan fingerprint density at radius 1 is 1.00 bits per heavy atom. The van der Waals surface area contributed by atoms with Gasteiger partial charge in [-0.05, 0) is 11.5 Å². The summed E-state index contributed by atoms with van der Waals surface area (Å²) in [5.41, 5.74) is 0. The molecule has 0 bridgehead atoms. The van der Waals surface area contributed by atoms with E-state index in [9.17, 15) is 4.79 Å². The zero-order valence-corrected chi connectivity index (χ0v) is 8.09. The minimum Gasteiger partial charge on any atom is -0.464 e. The number of ether oxygens (including phenoxy) is 1. The molecule has 0 heterocycles. The molecule has 0 atom stereocenters. The van der Waals surface area contributed by atoms with Crippen molar-refractivity contribution < 1.29 is 9.53 Å². The van der Waals surface area contributed by atoms with Crippen LogP contribution in [0.2, 0.25) is 0 Å². The summed E-state index contributed by atoms with van der Waals surface area (Å²) in [7, 11) is 0. The van der Waals surface area contributed by atoms with Gasteiger partial charge in [0.05, 0.1) is 6.26 Å². The highest BCUT2D eigenvalue weighted by Gasteiger charge is 1.98. The first-order valence-corrected chi connectivity index (χ1v) is 4.66. The molecule has 0 saturated heterocycles. The van der Waals surface area contributed by atoms with E-state index < -0.39 is 0 Å². The van der Waals surface area contributed by atoms with Crippen LogP contribution >= 0.6 is 0 Å². The molecular formula is C13H10O2. The summed E-state index contributed by atoms with van der Waals surface area (Å²) in [4.78, 5) is 10.1. The molecule has 2 aromatic rings. The first-order valence-electron chi connectivity index (χ1n) is 4.66. The Morgan fingerprint density at radius 2 is 1.80 bits per heavy atom. The van der Waals surface area contributed by atoms with E-state index in [2.05, 4.69) is 0 Å². The quantitative estimate of drug-likeness (QED) is 0.430. The molecule has 2 rings (SSSR count). The van der Waals surface area contributed by atoms with Gasteiger partial charge >= 0.3 is 0 Å². The van der Waals surface area contributed by atoms with E-state index in [1.807, 2.05) is 42.5 Å². The molecule has 0 radical (unpaired) electrons. The number of hydrogen-bond acceptors (Lipinski definition) is 2. The smallest absolute Gasteiger partial charge is 0.145 e. The molecule has 0 spiro atoms. The second kappa shape index (κ2) is 4.42. The summed E-state index contributed by atoms with van der Waals surface area (Å²) in [6.45, 7) is 0. The normalized spacial score (nSPS) is 10.7. The van der Waals surface area contributed by atoms with Crippen molar-refractivity contribution in [3.05, 3.63) is 54.8 Å². The highest BCUT2D eigenvalue weighted by atomic mass is 16.5. The molecule has 0 aromatic heterocycles. The molecule has 2 heteroatoms. The van der Waals surface area contributed by atoms with Gasteiger partial charge in [0, 0.05) is 11.5 Å². The summed E-state index contributed by atoms with van der Waals surface area (Å²) < 4.78 is 5.35. The minimum absolute atomic E-state index is 0.686. The molecule has 2 aromatic carbocycles. The van der Waals surface area contributed by atoms with Crippen LogP contribution in [0.5, 0.6) is 5.75 Å². The average Bonchev–Trinajstić information content (AvgIpc) is 2.30. The van der Waals surface area contributed by atoms with Crippen LogP contribution in [0.25, 0.3) is 10.8 Å². The first kappa shape index (κ1) is 9.46. The standard InChI is InChI=1S/C13H10O2/c14-9-4-10-15-13-8-3-6-11-5-1-2-7-12(11)13/h1-10H/b10-4+. The lowest BCUT2D eigenvalue weighted by atomic mass is 10.1. The average molecular weight is 198 g/mol. The molecule has 74 valence electrons. The molecule has 2 nitrogen and oxygen atoms in total. The summed E-state index contributed by atoms with van der Waals surface area (Å²) in [5.74, 6) is 0.756. The number of fused-ring (bicyclic) bond motifs is 1. The van der Waals surface area contributed by atoms with Crippen molar-refractivity contribution in [1.29, 1.82) is 0 Å². The van der Waals surface area contributed by atoms with Crippen molar-refractivity contribution in [1.82, 2.24) is 0 Å². The monoisotopic (exact) mass is 198 g/mol. The Morgan fingerprint density at radius 3 is 2.67 bits per heavy atom. The van der Waals surface area contributed by atoms with Crippen LogP contribution in [0.15, 0.2) is 54.8 Å². The Labute approximate surface area is 87.8 Å². The summed E-state index contributed by atoms with van der Waals surface area (Å²) in [5, 5.41) is 2.16. The maximum atomic E-state index is 10.1. The highest BCUT2D eigenvalue weighted by Crippen LogP contribution is 2.25. The number of allylic oxidation sites excluding steroid dienone is 1. The third-order valence-corrected chi connectivity index (χ3v) is 2.10. The highest BCUT2D eigenvalue weighted by molar-refractivity contribution is 5.88. The lowest BCUT2D eigenvalue weighted by molar-refractivity contribution is -0.104. The number of rotatable bonds is 3. The maximum Gasteiger partial charge on any atom is 0.145 e. The summed E-state index contributed by atoms with van der Waals surface area (Å²) >= 11 is 0. The molecule has 0 aliphatic heterocycles. The van der Waals surface area contributed by atoms with E-state index in [0.717, 1.165) is 16.5 Å². The van der Waals surface area contributed by atoms with Crippen LogP contribution in [0.3, 0.4) is 0 Å². The van der Waals surface area contributed by atoms with E-state index in [1.165, 1.54) is 12.3 Å². The van der Waals surface area contributed by atoms with Crippen molar-refractivity contribution in [3.63, 3.8) is 0 Å². The van der Waals surface area contributed by atoms with Crippen molar-refractivity contribution >= 4 is 17.1 Å². The Kier molecular flexibility index (Phi) is 2.79. The molecule has 0 unspecified atom stereocenters. The Hall–Kier alpha value is -2.09. The number of carbonyl (C=O) groups is 1. The molecule has 0 aliphatic rings. The Balaban J connectivity index is 2.42. The lowest BCUT2D eigenvalue weighted by Gasteiger charge is -2.04. The molecule has 0 saturated carbocycles. The van der Waals surface area contributed by atoms with Gasteiger partial charge in [-0.1, -0.05) is 36.4 Å². The van der Waals surface area contributed by atoms with Gasteiger partial charge in [0.15, 0.2) is 0 Å². The predicted molar refractivity (Wildman–Crippen MR) is 59.8 cm³/mol. The van der Waals surface area contributed by atoms with Crippen LogP contribution < -0.4 is 4.74 Å². The van der Waals surface area contributed by atoms with Gasteiger partial charge in [0.25, 0.3) is 0 Å². The van der Waals surface area contributed by atoms with Crippen molar-refractivity contribution in [2.24, 2.45) is 0 Å². The molecular weight excluding hydrogens is 188 g/mol. The minimum atomic E-state index is 0.686. The van der Waals surface area contributed by atoms with Crippen LogP contribution in [-0.4, -0.2) is 6.29 Å². The fraction of sp³-hybridized carbons (Fsp3) is 0. The SMILES string of the molecule is O=C/C=C/Oc1cccc2ccccc12. The Bertz CT molecular complexity index is 495. The predicted octanol–water partition coefficient (Wildman–Crippen LogP) is 2.93. The van der Waals surface area contributed by atoms with Crippen LogP contribution in [0, 0.1) is 0 Å². The van der Waals surface area contributed by atoms with Crippen molar-refractivity contribution in [3.8, 4) is 5.75 Å². The summed E-state index contributed by atoms with van der Waals surface area (Å²) in [6.07, 6.45) is 3.39. The van der Waals surface area contributed by atoms with Crippen molar-refractivity contribution in [2.45, 2.75) is 0 Å². The van der Waals surface area contributed by atoms with E-state index in [1.54, 1.807) is 0 Å².